The van der Waals surface area contributed by atoms with Crippen LogP contribution in [0.25, 0.3) is 0 Å². The Balaban J connectivity index is 2.43. The molecule has 1 fully saturated rings. The summed E-state index contributed by atoms with van der Waals surface area (Å²) in [4.78, 5) is 22.6. The Labute approximate surface area is 93.9 Å². The predicted molar refractivity (Wildman–Crippen MR) is 54.7 cm³/mol. The summed E-state index contributed by atoms with van der Waals surface area (Å²) >= 11 is 0. The summed E-state index contributed by atoms with van der Waals surface area (Å²) < 4.78 is 9.79. The van der Waals surface area contributed by atoms with Gasteiger partial charge in [-0.2, -0.15) is 0 Å². The number of hydrogen-bond acceptors (Lipinski definition) is 5. The molecule has 1 heterocycles. The molecular weight excluding hydrogens is 214 g/mol. The third kappa shape index (κ3) is 3.69. The van der Waals surface area contributed by atoms with Crippen molar-refractivity contribution in [3.63, 3.8) is 0 Å². The minimum Gasteiger partial charge on any atom is -0.458 e. The molecule has 1 saturated heterocycles. The van der Waals surface area contributed by atoms with Crippen LogP contribution in [-0.2, 0) is 14.3 Å². The van der Waals surface area contributed by atoms with Crippen molar-refractivity contribution >= 4 is 12.1 Å². The largest absolute Gasteiger partial charge is 0.458 e. The average molecular weight is 231 g/mol. The van der Waals surface area contributed by atoms with E-state index in [1.165, 1.54) is 0 Å². The predicted octanol–water partition coefficient (Wildman–Crippen LogP) is 0.188. The lowest BCUT2D eigenvalue weighted by molar-refractivity contribution is -0.144. The van der Waals surface area contributed by atoms with Gasteiger partial charge in [0.15, 0.2) is 0 Å². The topological polar surface area (TPSA) is 84.9 Å². The summed E-state index contributed by atoms with van der Waals surface area (Å²) in [6.45, 7) is 4.96. The van der Waals surface area contributed by atoms with Gasteiger partial charge in [-0.15, -0.1) is 0 Å². The lowest BCUT2D eigenvalue weighted by Crippen LogP contribution is -2.41. The maximum Gasteiger partial charge on any atom is 0.408 e. The third-order valence-corrected chi connectivity index (χ3v) is 1.96. The molecule has 1 aliphatic rings. The van der Waals surface area contributed by atoms with Crippen LogP contribution in [0.5, 0.6) is 0 Å². The Hall–Kier alpha value is -1.30. The number of alkyl carbamates (subject to hydrolysis) is 1. The molecular formula is C10H17NO5. The number of cyclic esters (lactones) is 1. The molecule has 0 saturated carbocycles. The molecule has 2 atom stereocenters. The Morgan fingerprint density at radius 1 is 1.62 bits per heavy atom. The molecule has 0 spiro atoms. The molecule has 6 heteroatoms. The van der Waals surface area contributed by atoms with Gasteiger partial charge in [0.2, 0.25) is 0 Å². The highest BCUT2D eigenvalue weighted by Crippen LogP contribution is 2.15. The maximum atomic E-state index is 11.4. The summed E-state index contributed by atoms with van der Waals surface area (Å²) in [5, 5.41) is 11.2. The fourth-order valence-corrected chi connectivity index (χ4v) is 1.33. The van der Waals surface area contributed by atoms with E-state index in [0.717, 1.165) is 0 Å². The van der Waals surface area contributed by atoms with Gasteiger partial charge in [0.05, 0.1) is 6.61 Å². The highest BCUT2D eigenvalue weighted by Gasteiger charge is 2.35. The van der Waals surface area contributed by atoms with Crippen LogP contribution in [0, 0.1) is 0 Å². The van der Waals surface area contributed by atoms with E-state index in [-0.39, 0.29) is 13.0 Å². The molecule has 16 heavy (non-hydrogen) atoms. The molecule has 0 aromatic heterocycles. The van der Waals surface area contributed by atoms with Gasteiger partial charge in [-0.3, -0.25) is 0 Å². The second-order valence-electron chi connectivity index (χ2n) is 4.68. The second-order valence-corrected chi connectivity index (χ2v) is 4.68. The molecule has 0 bridgehead atoms. The first-order valence-electron chi connectivity index (χ1n) is 5.12. The number of amides is 1. The van der Waals surface area contributed by atoms with Gasteiger partial charge in [0, 0.05) is 6.42 Å². The number of carbonyl (C=O) groups excluding carboxylic acids is 2. The fourth-order valence-electron chi connectivity index (χ4n) is 1.33. The number of aliphatic hydroxyl groups excluding tert-OH is 1. The summed E-state index contributed by atoms with van der Waals surface area (Å²) in [6.07, 6.45) is -0.922. The Kier molecular flexibility index (Phi) is 3.74. The van der Waals surface area contributed by atoms with Gasteiger partial charge >= 0.3 is 12.1 Å². The SMILES string of the molecule is CC(C)(C)OC(=O)N[C@H]1CC(CO)OC1=O. The van der Waals surface area contributed by atoms with E-state index in [1.54, 1.807) is 20.8 Å². The zero-order valence-corrected chi connectivity index (χ0v) is 9.65. The van der Waals surface area contributed by atoms with Crippen LogP contribution in [0.4, 0.5) is 4.79 Å². The minimum absolute atomic E-state index is 0.238. The summed E-state index contributed by atoms with van der Waals surface area (Å²) in [7, 11) is 0. The minimum atomic E-state index is -0.730. The molecule has 1 amide bonds. The van der Waals surface area contributed by atoms with Gasteiger partial charge in [-0.05, 0) is 20.8 Å². The quantitative estimate of drug-likeness (QED) is 0.662. The van der Waals surface area contributed by atoms with Crippen molar-refractivity contribution in [3.05, 3.63) is 0 Å². The van der Waals surface area contributed by atoms with Gasteiger partial charge in [-0.1, -0.05) is 0 Å². The number of ether oxygens (including phenoxy) is 2. The molecule has 0 aliphatic carbocycles. The van der Waals surface area contributed by atoms with E-state index >= 15 is 0 Å². The molecule has 6 nitrogen and oxygen atoms in total. The molecule has 0 radical (unpaired) electrons. The second kappa shape index (κ2) is 4.69. The van der Waals surface area contributed by atoms with Crippen molar-refractivity contribution in [2.45, 2.75) is 44.9 Å². The number of carbonyl (C=O) groups is 2. The molecule has 1 rings (SSSR count). The van der Waals surface area contributed by atoms with E-state index in [0.29, 0.717) is 0 Å². The van der Waals surface area contributed by atoms with Crippen molar-refractivity contribution in [3.8, 4) is 0 Å². The van der Waals surface area contributed by atoms with Gasteiger partial charge in [0.1, 0.15) is 17.7 Å². The molecule has 92 valence electrons. The van der Waals surface area contributed by atoms with Crippen LogP contribution >= 0.6 is 0 Å². The lowest BCUT2D eigenvalue weighted by atomic mass is 10.2. The van der Waals surface area contributed by atoms with Crippen molar-refractivity contribution in [1.82, 2.24) is 5.32 Å². The van der Waals surface area contributed by atoms with Crippen LogP contribution in [0.3, 0.4) is 0 Å². The van der Waals surface area contributed by atoms with Crippen LogP contribution in [0.1, 0.15) is 27.2 Å². The van der Waals surface area contributed by atoms with Gasteiger partial charge in [0.25, 0.3) is 0 Å². The number of hydrogen-bond donors (Lipinski definition) is 2. The summed E-state index contributed by atoms with van der Waals surface area (Å²) in [6, 6.07) is -0.730. The first kappa shape index (κ1) is 12.8. The molecule has 1 aliphatic heterocycles. The van der Waals surface area contributed by atoms with E-state index in [2.05, 4.69) is 5.32 Å². The van der Waals surface area contributed by atoms with E-state index < -0.39 is 29.8 Å². The smallest absolute Gasteiger partial charge is 0.408 e. The van der Waals surface area contributed by atoms with Crippen LogP contribution < -0.4 is 5.32 Å². The van der Waals surface area contributed by atoms with E-state index in [1.807, 2.05) is 0 Å². The Morgan fingerprint density at radius 2 is 2.25 bits per heavy atom. The number of nitrogens with one attached hydrogen (secondary N) is 1. The van der Waals surface area contributed by atoms with Crippen molar-refractivity contribution in [2.75, 3.05) is 6.61 Å². The zero-order valence-electron chi connectivity index (χ0n) is 9.65. The van der Waals surface area contributed by atoms with E-state index in [4.69, 9.17) is 14.6 Å². The van der Waals surface area contributed by atoms with Gasteiger partial charge < -0.3 is 19.9 Å². The van der Waals surface area contributed by atoms with Crippen molar-refractivity contribution in [2.24, 2.45) is 0 Å². The van der Waals surface area contributed by atoms with Crippen LogP contribution in [-0.4, -0.2) is 41.5 Å². The standard InChI is InChI=1S/C10H17NO5/c1-10(2,3)16-9(14)11-7-4-6(5-12)15-8(7)13/h6-7,12H,4-5H2,1-3H3,(H,11,14)/t6?,7-/m0/s1. The number of esters is 1. The summed E-state index contributed by atoms with van der Waals surface area (Å²) in [5.41, 5.74) is -0.608. The van der Waals surface area contributed by atoms with Crippen molar-refractivity contribution in [1.29, 1.82) is 0 Å². The lowest BCUT2D eigenvalue weighted by Gasteiger charge is -2.20. The van der Waals surface area contributed by atoms with E-state index in [9.17, 15) is 9.59 Å². The first-order chi connectivity index (χ1) is 7.31. The van der Waals surface area contributed by atoms with Crippen LogP contribution in [0.15, 0.2) is 0 Å². The zero-order chi connectivity index (χ0) is 12.3. The molecule has 1 unspecified atom stereocenters. The monoisotopic (exact) mass is 231 g/mol. The summed E-state index contributed by atoms with van der Waals surface area (Å²) in [5.74, 6) is -0.537. The first-order valence-corrected chi connectivity index (χ1v) is 5.12. The molecule has 0 aromatic carbocycles. The Bertz CT molecular complexity index is 283. The number of aliphatic hydroxyl groups is 1. The highest BCUT2D eigenvalue weighted by atomic mass is 16.6. The van der Waals surface area contributed by atoms with Gasteiger partial charge in [-0.25, -0.2) is 9.59 Å². The van der Waals surface area contributed by atoms with Crippen LogP contribution in [0.2, 0.25) is 0 Å². The average Bonchev–Trinajstić information content (AvgIpc) is 2.44. The normalized spacial score (nSPS) is 25.1. The van der Waals surface area contributed by atoms with Crippen molar-refractivity contribution < 1.29 is 24.2 Å². The fraction of sp³-hybridized carbons (Fsp3) is 0.800. The third-order valence-electron chi connectivity index (χ3n) is 1.96. The molecule has 0 aromatic rings. The number of rotatable bonds is 2. The Morgan fingerprint density at radius 3 is 2.69 bits per heavy atom. The molecule has 2 N–H and O–H groups in total. The maximum absolute atomic E-state index is 11.4. The highest BCUT2D eigenvalue weighted by molar-refractivity contribution is 5.83.